The molecule has 1 unspecified atom stereocenters. The van der Waals surface area contributed by atoms with Crippen LogP contribution in [0.4, 0.5) is 0 Å². The Labute approximate surface area is 110 Å². The third-order valence-corrected chi connectivity index (χ3v) is 3.16. The number of nitrogens with two attached hydrogens (primary N) is 1. The Bertz CT molecular complexity index is 341. The molecule has 0 aromatic heterocycles. The van der Waals surface area contributed by atoms with E-state index in [-0.39, 0.29) is 11.8 Å². The van der Waals surface area contributed by atoms with E-state index in [2.05, 4.69) is 10.0 Å². The summed E-state index contributed by atoms with van der Waals surface area (Å²) < 4.78 is 23.9. The lowest BCUT2D eigenvalue weighted by Gasteiger charge is -2.16. The summed E-state index contributed by atoms with van der Waals surface area (Å²) in [5.41, 5.74) is 5.56. The fourth-order valence-electron chi connectivity index (χ4n) is 1.58. The Morgan fingerprint density at radius 3 is 2.33 bits per heavy atom. The van der Waals surface area contributed by atoms with Gasteiger partial charge in [0.05, 0.1) is 12.2 Å². The summed E-state index contributed by atoms with van der Waals surface area (Å²) >= 11 is 0. The lowest BCUT2D eigenvalue weighted by molar-refractivity contribution is -0.125. The van der Waals surface area contributed by atoms with Gasteiger partial charge in [-0.05, 0) is 18.8 Å². The Morgan fingerprint density at radius 2 is 1.89 bits per heavy atom. The molecule has 18 heavy (non-hydrogen) atoms. The molecule has 0 saturated carbocycles. The molecule has 0 aliphatic rings. The average Bonchev–Trinajstić information content (AvgIpc) is 2.23. The van der Waals surface area contributed by atoms with Gasteiger partial charge in [-0.3, -0.25) is 4.79 Å². The summed E-state index contributed by atoms with van der Waals surface area (Å²) in [5, 5.41) is 2.77. The van der Waals surface area contributed by atoms with Gasteiger partial charge in [-0.15, -0.1) is 0 Å². The molecule has 0 aromatic carbocycles. The maximum atomic E-state index is 11.7. The van der Waals surface area contributed by atoms with Crippen molar-refractivity contribution >= 4 is 15.9 Å². The van der Waals surface area contributed by atoms with E-state index in [0.29, 0.717) is 32.0 Å². The second-order valence-corrected chi connectivity index (χ2v) is 6.71. The van der Waals surface area contributed by atoms with Gasteiger partial charge < -0.3 is 11.1 Å². The summed E-state index contributed by atoms with van der Waals surface area (Å²) in [6.45, 7) is 5.22. The zero-order valence-electron chi connectivity index (χ0n) is 11.4. The van der Waals surface area contributed by atoms with Gasteiger partial charge in [-0.1, -0.05) is 13.8 Å². The number of rotatable bonds is 9. The first-order valence-electron chi connectivity index (χ1n) is 6.18. The molecule has 1 amide bonds. The largest absolute Gasteiger partial charge is 0.356 e. The van der Waals surface area contributed by atoms with Crippen LogP contribution in [0.15, 0.2) is 0 Å². The van der Waals surface area contributed by atoms with Crippen molar-refractivity contribution in [3.8, 4) is 0 Å². The van der Waals surface area contributed by atoms with E-state index in [1.807, 2.05) is 13.8 Å². The van der Waals surface area contributed by atoms with Crippen molar-refractivity contribution in [2.75, 3.05) is 25.9 Å². The highest BCUT2D eigenvalue weighted by Crippen LogP contribution is 2.10. The second-order valence-electron chi connectivity index (χ2n) is 4.87. The van der Waals surface area contributed by atoms with Crippen LogP contribution < -0.4 is 15.8 Å². The first-order chi connectivity index (χ1) is 8.26. The third kappa shape index (κ3) is 9.38. The van der Waals surface area contributed by atoms with Crippen LogP contribution in [0.3, 0.4) is 0 Å². The molecule has 0 radical (unpaired) electrons. The van der Waals surface area contributed by atoms with Crippen LogP contribution in [0, 0.1) is 11.8 Å². The van der Waals surface area contributed by atoms with Crippen LogP contribution in [0.5, 0.6) is 0 Å². The SMILES string of the molecule is CC(C)CC(CN)C(=O)NCCCNS(C)(=O)=O. The van der Waals surface area contributed by atoms with Gasteiger partial charge in [-0.25, -0.2) is 13.1 Å². The molecule has 0 heterocycles. The van der Waals surface area contributed by atoms with Crippen LogP contribution in [0.2, 0.25) is 0 Å². The summed E-state index contributed by atoms with van der Waals surface area (Å²) in [6.07, 6.45) is 2.44. The van der Waals surface area contributed by atoms with Crippen LogP contribution >= 0.6 is 0 Å². The Hall–Kier alpha value is -0.660. The van der Waals surface area contributed by atoms with Crippen molar-refractivity contribution in [2.24, 2.45) is 17.6 Å². The summed E-state index contributed by atoms with van der Waals surface area (Å²) in [5.74, 6) is 0.217. The van der Waals surface area contributed by atoms with Crippen LogP contribution in [0.25, 0.3) is 0 Å². The number of carbonyl (C=O) groups excluding carboxylic acids is 1. The molecule has 6 nitrogen and oxygen atoms in total. The van der Waals surface area contributed by atoms with Crippen molar-refractivity contribution in [3.63, 3.8) is 0 Å². The van der Waals surface area contributed by atoms with Crippen molar-refractivity contribution in [1.82, 2.24) is 10.0 Å². The topological polar surface area (TPSA) is 101 Å². The Balaban J connectivity index is 3.81. The van der Waals surface area contributed by atoms with Crippen LogP contribution in [-0.4, -0.2) is 40.2 Å². The lowest BCUT2D eigenvalue weighted by atomic mass is 9.96. The predicted octanol–water partition coefficient (Wildman–Crippen LogP) is -0.337. The molecule has 7 heteroatoms. The van der Waals surface area contributed by atoms with E-state index in [9.17, 15) is 13.2 Å². The van der Waals surface area contributed by atoms with Crippen molar-refractivity contribution in [2.45, 2.75) is 26.7 Å². The van der Waals surface area contributed by atoms with Crippen LogP contribution in [0.1, 0.15) is 26.7 Å². The van der Waals surface area contributed by atoms with Gasteiger partial charge in [-0.2, -0.15) is 0 Å². The first-order valence-corrected chi connectivity index (χ1v) is 8.07. The Morgan fingerprint density at radius 1 is 1.28 bits per heavy atom. The minimum Gasteiger partial charge on any atom is -0.356 e. The maximum Gasteiger partial charge on any atom is 0.224 e. The van der Waals surface area contributed by atoms with Gasteiger partial charge in [0, 0.05) is 19.6 Å². The van der Waals surface area contributed by atoms with Gasteiger partial charge in [0.25, 0.3) is 0 Å². The highest BCUT2D eigenvalue weighted by Gasteiger charge is 2.17. The lowest BCUT2D eigenvalue weighted by Crippen LogP contribution is -2.37. The molecular weight excluding hydrogens is 254 g/mol. The third-order valence-electron chi connectivity index (χ3n) is 2.43. The number of hydrogen-bond donors (Lipinski definition) is 3. The molecule has 0 spiro atoms. The molecule has 0 bridgehead atoms. The molecular formula is C11H25N3O3S. The fourth-order valence-corrected chi connectivity index (χ4v) is 2.10. The molecule has 0 rings (SSSR count). The summed E-state index contributed by atoms with van der Waals surface area (Å²) in [6, 6.07) is 0. The molecule has 0 aromatic rings. The highest BCUT2D eigenvalue weighted by atomic mass is 32.2. The molecule has 0 aliphatic carbocycles. The van der Waals surface area contributed by atoms with E-state index in [1.165, 1.54) is 0 Å². The minimum absolute atomic E-state index is 0.0504. The van der Waals surface area contributed by atoms with E-state index in [4.69, 9.17) is 5.73 Å². The summed E-state index contributed by atoms with van der Waals surface area (Å²) in [4.78, 5) is 11.7. The number of nitrogens with one attached hydrogen (secondary N) is 2. The second kappa shape index (κ2) is 8.44. The quantitative estimate of drug-likeness (QED) is 0.503. The van der Waals surface area contributed by atoms with E-state index in [0.717, 1.165) is 12.7 Å². The maximum absolute atomic E-state index is 11.7. The smallest absolute Gasteiger partial charge is 0.224 e. The number of amides is 1. The monoisotopic (exact) mass is 279 g/mol. The zero-order chi connectivity index (χ0) is 14.2. The normalized spacial score (nSPS) is 13.6. The zero-order valence-corrected chi connectivity index (χ0v) is 12.2. The Kier molecular flexibility index (Phi) is 8.13. The predicted molar refractivity (Wildman–Crippen MR) is 72.5 cm³/mol. The average molecular weight is 279 g/mol. The molecule has 1 atom stereocenters. The van der Waals surface area contributed by atoms with Crippen LogP contribution in [-0.2, 0) is 14.8 Å². The summed E-state index contributed by atoms with van der Waals surface area (Å²) in [7, 11) is -3.14. The minimum atomic E-state index is -3.14. The van der Waals surface area contributed by atoms with Crippen molar-refractivity contribution in [3.05, 3.63) is 0 Å². The molecule has 0 saturated heterocycles. The number of sulfonamides is 1. The number of hydrogen-bond acceptors (Lipinski definition) is 4. The first kappa shape index (κ1) is 17.3. The highest BCUT2D eigenvalue weighted by molar-refractivity contribution is 7.88. The molecule has 0 aliphatic heterocycles. The van der Waals surface area contributed by atoms with Crippen molar-refractivity contribution < 1.29 is 13.2 Å². The molecule has 0 fully saturated rings. The number of carbonyl (C=O) groups is 1. The van der Waals surface area contributed by atoms with E-state index in [1.54, 1.807) is 0 Å². The van der Waals surface area contributed by atoms with E-state index < -0.39 is 10.0 Å². The van der Waals surface area contributed by atoms with Gasteiger partial charge in [0.2, 0.25) is 15.9 Å². The van der Waals surface area contributed by atoms with Gasteiger partial charge in [0.1, 0.15) is 0 Å². The molecule has 108 valence electrons. The standard InChI is InChI=1S/C11H25N3O3S/c1-9(2)7-10(8-12)11(15)13-5-4-6-14-18(3,16)17/h9-10,14H,4-8,12H2,1-3H3,(H,13,15). The van der Waals surface area contributed by atoms with E-state index >= 15 is 0 Å². The van der Waals surface area contributed by atoms with Gasteiger partial charge in [0.15, 0.2) is 0 Å². The van der Waals surface area contributed by atoms with Crippen molar-refractivity contribution in [1.29, 1.82) is 0 Å². The fraction of sp³-hybridized carbons (Fsp3) is 0.909. The van der Waals surface area contributed by atoms with Gasteiger partial charge >= 0.3 is 0 Å². The molecule has 4 N–H and O–H groups in total.